The molecule has 0 atom stereocenters. The number of carbonyl (C=O) groups is 1. The van der Waals surface area contributed by atoms with Crippen molar-refractivity contribution in [1.29, 1.82) is 0 Å². The third-order valence-corrected chi connectivity index (χ3v) is 6.37. The van der Waals surface area contributed by atoms with E-state index in [0.29, 0.717) is 6.54 Å². The van der Waals surface area contributed by atoms with Gasteiger partial charge in [-0.1, -0.05) is 42.5 Å². The molecule has 0 bridgehead atoms. The third kappa shape index (κ3) is 6.57. The quantitative estimate of drug-likeness (QED) is 0.475. The largest absolute Gasteiger partial charge is 0.334 e. The highest BCUT2D eigenvalue weighted by atomic mass is 32.2. The van der Waals surface area contributed by atoms with Crippen molar-refractivity contribution in [1.82, 2.24) is 15.2 Å². The Morgan fingerprint density at radius 1 is 0.968 bits per heavy atom. The number of amides is 2. The van der Waals surface area contributed by atoms with Crippen molar-refractivity contribution in [3.8, 4) is 0 Å². The Labute approximate surface area is 188 Å². The fourth-order valence-corrected chi connectivity index (χ4v) is 4.55. The molecule has 4 rings (SSSR count). The van der Waals surface area contributed by atoms with Crippen LogP contribution in [0.25, 0.3) is 0 Å². The Balaban J connectivity index is 1.29. The molecule has 160 valence electrons. The Morgan fingerprint density at radius 2 is 1.77 bits per heavy atom. The third-order valence-electron chi connectivity index (χ3n) is 5.36. The van der Waals surface area contributed by atoms with E-state index in [2.05, 4.69) is 44.8 Å². The van der Waals surface area contributed by atoms with Gasteiger partial charge in [-0.15, -0.1) is 11.8 Å². The van der Waals surface area contributed by atoms with E-state index >= 15 is 0 Å². The van der Waals surface area contributed by atoms with Crippen LogP contribution in [0.2, 0.25) is 0 Å². The number of aromatic nitrogens is 1. The standard InChI is InChI=1S/C25H28N4OS/c30-25(27-17-21-9-1-2-10-22(21)18-29-14-5-6-15-29)28-23-11-7-8-20(16-23)19-31-24-12-3-4-13-26-24/h1-4,7-13,16H,5-6,14-15,17-19H2,(H2,27,28,30). The van der Waals surface area contributed by atoms with Crippen LogP contribution in [0.5, 0.6) is 0 Å². The van der Waals surface area contributed by atoms with Gasteiger partial charge in [-0.25, -0.2) is 9.78 Å². The molecule has 1 saturated heterocycles. The zero-order chi connectivity index (χ0) is 21.3. The maximum atomic E-state index is 12.5. The van der Waals surface area contributed by atoms with Gasteiger partial charge in [0.25, 0.3) is 0 Å². The van der Waals surface area contributed by atoms with E-state index in [1.54, 1.807) is 18.0 Å². The normalized spacial score (nSPS) is 13.8. The molecule has 1 fully saturated rings. The summed E-state index contributed by atoms with van der Waals surface area (Å²) in [6.07, 6.45) is 4.36. The minimum Gasteiger partial charge on any atom is -0.334 e. The lowest BCUT2D eigenvalue weighted by atomic mass is 10.1. The van der Waals surface area contributed by atoms with Crippen molar-refractivity contribution in [3.05, 3.63) is 89.6 Å². The molecule has 3 aromatic rings. The molecule has 1 aromatic heterocycles. The van der Waals surface area contributed by atoms with Gasteiger partial charge in [0.2, 0.25) is 0 Å². The second kappa shape index (κ2) is 11.0. The van der Waals surface area contributed by atoms with E-state index in [-0.39, 0.29) is 6.03 Å². The minimum absolute atomic E-state index is 0.189. The second-order valence-electron chi connectivity index (χ2n) is 7.72. The number of thioether (sulfide) groups is 1. The summed E-state index contributed by atoms with van der Waals surface area (Å²) in [6, 6.07) is 22.0. The molecular weight excluding hydrogens is 404 g/mol. The summed E-state index contributed by atoms with van der Waals surface area (Å²) in [7, 11) is 0. The van der Waals surface area contributed by atoms with Gasteiger partial charge in [0, 0.05) is 30.7 Å². The molecule has 5 nitrogen and oxygen atoms in total. The first kappa shape index (κ1) is 21.4. The summed E-state index contributed by atoms with van der Waals surface area (Å²) < 4.78 is 0. The van der Waals surface area contributed by atoms with Crippen LogP contribution in [0.3, 0.4) is 0 Å². The predicted octanol–water partition coefficient (Wildman–Crippen LogP) is 5.29. The fourth-order valence-electron chi connectivity index (χ4n) is 3.75. The first-order valence-electron chi connectivity index (χ1n) is 10.7. The van der Waals surface area contributed by atoms with Crippen LogP contribution < -0.4 is 10.6 Å². The van der Waals surface area contributed by atoms with Gasteiger partial charge >= 0.3 is 6.03 Å². The summed E-state index contributed by atoms with van der Waals surface area (Å²) in [5, 5.41) is 6.96. The topological polar surface area (TPSA) is 57.3 Å². The Hall–Kier alpha value is -2.83. The Kier molecular flexibility index (Phi) is 7.58. The maximum absolute atomic E-state index is 12.5. The summed E-state index contributed by atoms with van der Waals surface area (Å²) >= 11 is 1.68. The van der Waals surface area contributed by atoms with Crippen LogP contribution in [-0.4, -0.2) is 29.0 Å². The van der Waals surface area contributed by atoms with Crippen molar-refractivity contribution >= 4 is 23.5 Å². The average Bonchev–Trinajstić information content (AvgIpc) is 3.31. The first-order chi connectivity index (χ1) is 15.3. The predicted molar refractivity (Wildman–Crippen MR) is 127 cm³/mol. The summed E-state index contributed by atoms with van der Waals surface area (Å²) in [4.78, 5) is 19.3. The number of rotatable bonds is 8. The number of anilines is 1. The lowest BCUT2D eigenvalue weighted by Gasteiger charge is -2.18. The smallest absolute Gasteiger partial charge is 0.319 e. The zero-order valence-corrected chi connectivity index (χ0v) is 18.4. The van der Waals surface area contributed by atoms with Crippen LogP contribution in [0.1, 0.15) is 29.5 Å². The molecule has 31 heavy (non-hydrogen) atoms. The molecule has 2 aromatic carbocycles. The lowest BCUT2D eigenvalue weighted by Crippen LogP contribution is -2.29. The highest BCUT2D eigenvalue weighted by Crippen LogP contribution is 2.22. The van der Waals surface area contributed by atoms with E-state index < -0.39 is 0 Å². The average molecular weight is 433 g/mol. The Bertz CT molecular complexity index is 990. The van der Waals surface area contributed by atoms with Crippen LogP contribution in [0.4, 0.5) is 10.5 Å². The number of pyridine rings is 1. The summed E-state index contributed by atoms with van der Waals surface area (Å²) in [5.74, 6) is 0.804. The van der Waals surface area contributed by atoms with Crippen molar-refractivity contribution in [2.75, 3.05) is 18.4 Å². The number of nitrogens with one attached hydrogen (secondary N) is 2. The number of hydrogen-bond donors (Lipinski definition) is 2. The summed E-state index contributed by atoms with van der Waals surface area (Å²) in [5.41, 5.74) is 4.40. The SMILES string of the molecule is O=C(NCc1ccccc1CN1CCCC1)Nc1cccc(CSc2ccccn2)c1. The van der Waals surface area contributed by atoms with Crippen molar-refractivity contribution in [2.24, 2.45) is 0 Å². The van der Waals surface area contributed by atoms with E-state index in [1.165, 1.54) is 24.0 Å². The highest BCUT2D eigenvalue weighted by molar-refractivity contribution is 7.98. The van der Waals surface area contributed by atoms with E-state index in [1.807, 2.05) is 42.5 Å². The molecule has 0 saturated carbocycles. The van der Waals surface area contributed by atoms with Gasteiger partial charge < -0.3 is 10.6 Å². The maximum Gasteiger partial charge on any atom is 0.319 e. The Morgan fingerprint density at radius 3 is 2.58 bits per heavy atom. The van der Waals surface area contributed by atoms with Crippen molar-refractivity contribution < 1.29 is 4.79 Å². The van der Waals surface area contributed by atoms with Crippen LogP contribution in [0.15, 0.2) is 78.0 Å². The molecule has 0 radical (unpaired) electrons. The fraction of sp³-hybridized carbons (Fsp3) is 0.280. The van der Waals surface area contributed by atoms with Gasteiger partial charge in [-0.05, 0) is 66.9 Å². The molecule has 0 unspecified atom stereocenters. The molecule has 6 heteroatoms. The monoisotopic (exact) mass is 432 g/mol. The van der Waals surface area contributed by atoms with Gasteiger partial charge in [-0.2, -0.15) is 0 Å². The van der Waals surface area contributed by atoms with Crippen molar-refractivity contribution in [3.63, 3.8) is 0 Å². The zero-order valence-electron chi connectivity index (χ0n) is 17.6. The lowest BCUT2D eigenvalue weighted by molar-refractivity contribution is 0.251. The molecule has 2 N–H and O–H groups in total. The van der Waals surface area contributed by atoms with Gasteiger partial charge in [0.05, 0.1) is 5.03 Å². The molecular formula is C25H28N4OS. The van der Waals surface area contributed by atoms with Crippen LogP contribution >= 0.6 is 11.8 Å². The number of carbonyl (C=O) groups excluding carboxylic acids is 1. The van der Waals surface area contributed by atoms with Crippen LogP contribution in [0, 0.1) is 0 Å². The number of urea groups is 1. The summed E-state index contributed by atoms with van der Waals surface area (Å²) in [6.45, 7) is 3.80. The first-order valence-corrected chi connectivity index (χ1v) is 11.7. The molecule has 2 heterocycles. The number of nitrogens with zero attached hydrogens (tertiary/aromatic N) is 2. The molecule has 1 aliphatic rings. The van der Waals surface area contributed by atoms with Crippen LogP contribution in [-0.2, 0) is 18.8 Å². The molecule has 2 amide bonds. The number of benzene rings is 2. The van der Waals surface area contributed by atoms with E-state index in [4.69, 9.17) is 0 Å². The number of likely N-dealkylation sites (tertiary alicyclic amines) is 1. The van der Waals surface area contributed by atoms with Gasteiger partial charge in [-0.3, -0.25) is 4.90 Å². The van der Waals surface area contributed by atoms with Gasteiger partial charge in [0.1, 0.15) is 0 Å². The van der Waals surface area contributed by atoms with E-state index in [0.717, 1.165) is 41.7 Å². The minimum atomic E-state index is -0.189. The molecule has 1 aliphatic heterocycles. The molecule has 0 aliphatic carbocycles. The second-order valence-corrected chi connectivity index (χ2v) is 8.71. The molecule has 0 spiro atoms. The van der Waals surface area contributed by atoms with E-state index in [9.17, 15) is 4.79 Å². The van der Waals surface area contributed by atoms with Gasteiger partial charge in [0.15, 0.2) is 0 Å². The van der Waals surface area contributed by atoms with Crippen molar-refractivity contribution in [2.45, 2.75) is 36.7 Å². The number of hydrogen-bond acceptors (Lipinski definition) is 4. The highest BCUT2D eigenvalue weighted by Gasteiger charge is 2.14.